The second-order valence-electron chi connectivity index (χ2n) is 4.68. The van der Waals surface area contributed by atoms with Gasteiger partial charge in [0.25, 0.3) is 0 Å². The first-order chi connectivity index (χ1) is 7.35. The highest BCUT2D eigenvalue weighted by Gasteiger charge is 2.02. The molecule has 0 nitrogen and oxygen atoms in total. The molecule has 0 saturated heterocycles. The molecule has 0 amide bonds. The molecule has 0 aromatic heterocycles. The Morgan fingerprint density at radius 3 is 1.80 bits per heavy atom. The lowest BCUT2D eigenvalue weighted by Gasteiger charge is -2.11. The molecule has 0 aliphatic carbocycles. The van der Waals surface area contributed by atoms with Crippen molar-refractivity contribution in [3.8, 4) is 0 Å². The average Bonchev–Trinajstić information content (AvgIpc) is 2.27. The molecule has 0 bridgehead atoms. The molecule has 0 aliphatic heterocycles. The monoisotopic (exact) mass is 210 g/mol. The average molecular weight is 210 g/mol. The van der Waals surface area contributed by atoms with Gasteiger partial charge in [-0.3, -0.25) is 0 Å². The minimum Gasteiger partial charge on any atom is -0.0651 e. The van der Waals surface area contributed by atoms with Gasteiger partial charge in [0, 0.05) is 0 Å². The Kier molecular flexibility index (Phi) is 12.1. The normalized spacial score (nSPS) is 11.2. The topological polar surface area (TPSA) is 0 Å². The standard InChI is InChI=1S/C15H30/c1-4-7-8-9-10-11-12-13-14-15(5-2)6-3/h15H,1-2,4-14H2,3H3. The summed E-state index contributed by atoms with van der Waals surface area (Å²) in [5.41, 5.74) is 0. The van der Waals surface area contributed by atoms with Crippen LogP contribution in [0.15, 0.2) is 0 Å². The Bertz CT molecular complexity index is 103. The summed E-state index contributed by atoms with van der Waals surface area (Å²) in [5.74, 6) is 0.885. The lowest BCUT2D eigenvalue weighted by molar-refractivity contribution is 0.440. The minimum atomic E-state index is 0.885. The molecule has 0 fully saturated rings. The van der Waals surface area contributed by atoms with Crippen molar-refractivity contribution in [2.24, 2.45) is 5.92 Å². The Morgan fingerprint density at radius 1 is 0.800 bits per heavy atom. The number of hydrogen-bond acceptors (Lipinski definition) is 0. The van der Waals surface area contributed by atoms with Crippen LogP contribution < -0.4 is 0 Å². The predicted octanol–water partition coefficient (Wildman–Crippen LogP) is 5.58. The second-order valence-corrected chi connectivity index (χ2v) is 4.68. The van der Waals surface area contributed by atoms with Crippen molar-refractivity contribution in [2.45, 2.75) is 77.6 Å². The van der Waals surface area contributed by atoms with E-state index in [1.807, 2.05) is 0 Å². The van der Waals surface area contributed by atoms with E-state index >= 15 is 0 Å². The molecule has 0 N–H and O–H groups in total. The van der Waals surface area contributed by atoms with Crippen LogP contribution in [0.5, 0.6) is 0 Å². The van der Waals surface area contributed by atoms with Crippen LogP contribution in [0.3, 0.4) is 0 Å². The number of hydrogen-bond donors (Lipinski definition) is 0. The zero-order chi connectivity index (χ0) is 11.4. The molecule has 0 aromatic carbocycles. The summed E-state index contributed by atoms with van der Waals surface area (Å²) in [7, 11) is 0. The minimum absolute atomic E-state index is 0.885. The fraction of sp³-hybridized carbons (Fsp3) is 0.867. The molecular formula is C15H30. The van der Waals surface area contributed by atoms with Crippen LogP contribution in [-0.4, -0.2) is 0 Å². The molecule has 0 aromatic rings. The van der Waals surface area contributed by atoms with Gasteiger partial charge in [0.15, 0.2) is 0 Å². The van der Waals surface area contributed by atoms with Gasteiger partial charge in [0.2, 0.25) is 0 Å². The number of unbranched alkanes of at least 4 members (excludes halogenated alkanes) is 7. The van der Waals surface area contributed by atoms with Gasteiger partial charge in [-0.1, -0.05) is 91.4 Å². The Hall–Kier alpha value is 0. The van der Waals surface area contributed by atoms with Gasteiger partial charge in [-0.25, -0.2) is 0 Å². The van der Waals surface area contributed by atoms with Gasteiger partial charge < -0.3 is 0 Å². The summed E-state index contributed by atoms with van der Waals surface area (Å²) in [4.78, 5) is 0. The van der Waals surface area contributed by atoms with Gasteiger partial charge in [-0.2, -0.15) is 0 Å². The quantitative estimate of drug-likeness (QED) is 0.390. The van der Waals surface area contributed by atoms with Crippen LogP contribution in [0.1, 0.15) is 77.6 Å². The molecule has 0 heterocycles. The molecule has 0 saturated carbocycles. The molecule has 0 heteroatoms. The first-order valence-electron chi connectivity index (χ1n) is 6.93. The Labute approximate surface area is 97.8 Å². The maximum Gasteiger partial charge on any atom is -0.0417 e. The number of rotatable bonds is 11. The van der Waals surface area contributed by atoms with E-state index in [1.54, 1.807) is 0 Å². The largest absolute Gasteiger partial charge is 0.0651 e. The molecule has 0 spiro atoms. The maximum atomic E-state index is 4.00. The summed E-state index contributed by atoms with van der Waals surface area (Å²) in [5, 5.41) is 0. The van der Waals surface area contributed by atoms with E-state index in [4.69, 9.17) is 0 Å². The summed E-state index contributed by atoms with van der Waals surface area (Å²) in [6.07, 6.45) is 14.8. The third-order valence-corrected chi connectivity index (χ3v) is 3.35. The molecule has 2 radical (unpaired) electrons. The first-order valence-corrected chi connectivity index (χ1v) is 6.93. The van der Waals surface area contributed by atoms with E-state index in [1.165, 1.54) is 57.8 Å². The van der Waals surface area contributed by atoms with E-state index in [0.29, 0.717) is 0 Å². The Balaban J connectivity index is 3.04. The van der Waals surface area contributed by atoms with E-state index in [0.717, 1.165) is 18.8 Å². The molecule has 1 unspecified atom stereocenters. The van der Waals surface area contributed by atoms with Crippen molar-refractivity contribution < 1.29 is 0 Å². The van der Waals surface area contributed by atoms with Crippen molar-refractivity contribution in [1.82, 2.24) is 0 Å². The van der Waals surface area contributed by atoms with Crippen LogP contribution >= 0.6 is 0 Å². The second kappa shape index (κ2) is 12.1. The van der Waals surface area contributed by atoms with Gasteiger partial charge in [0.05, 0.1) is 0 Å². The highest BCUT2D eigenvalue weighted by molar-refractivity contribution is 4.59. The zero-order valence-corrected chi connectivity index (χ0v) is 10.8. The third kappa shape index (κ3) is 10.3. The van der Waals surface area contributed by atoms with Crippen molar-refractivity contribution in [1.29, 1.82) is 0 Å². The van der Waals surface area contributed by atoms with Crippen LogP contribution in [-0.2, 0) is 0 Å². The fourth-order valence-corrected chi connectivity index (χ4v) is 2.05. The van der Waals surface area contributed by atoms with Crippen LogP contribution in [0, 0.1) is 19.8 Å². The molecular weight excluding hydrogens is 180 g/mol. The highest BCUT2D eigenvalue weighted by Crippen LogP contribution is 2.17. The molecule has 1 atom stereocenters. The fourth-order valence-electron chi connectivity index (χ4n) is 2.05. The van der Waals surface area contributed by atoms with E-state index in [-0.39, 0.29) is 0 Å². The predicted molar refractivity (Wildman–Crippen MR) is 70.7 cm³/mol. The van der Waals surface area contributed by atoms with E-state index in [9.17, 15) is 0 Å². The smallest absolute Gasteiger partial charge is 0.0417 e. The van der Waals surface area contributed by atoms with Gasteiger partial charge in [-0.05, 0) is 5.92 Å². The maximum absolute atomic E-state index is 4.00. The van der Waals surface area contributed by atoms with Crippen molar-refractivity contribution in [3.63, 3.8) is 0 Å². The first kappa shape index (κ1) is 15.0. The zero-order valence-electron chi connectivity index (χ0n) is 10.8. The lowest BCUT2D eigenvalue weighted by Crippen LogP contribution is -1.96. The van der Waals surface area contributed by atoms with Gasteiger partial charge in [-0.15, -0.1) is 0 Å². The summed E-state index contributed by atoms with van der Waals surface area (Å²) >= 11 is 0. The summed E-state index contributed by atoms with van der Waals surface area (Å²) in [6, 6.07) is 0. The van der Waals surface area contributed by atoms with Gasteiger partial charge >= 0.3 is 0 Å². The van der Waals surface area contributed by atoms with E-state index in [2.05, 4.69) is 20.8 Å². The SMILES string of the molecule is [CH2]CCCCCCCCCC(C[CH2])CC. The molecule has 0 aliphatic rings. The third-order valence-electron chi connectivity index (χ3n) is 3.35. The summed E-state index contributed by atoms with van der Waals surface area (Å²) < 4.78 is 0. The van der Waals surface area contributed by atoms with Crippen molar-refractivity contribution in [3.05, 3.63) is 13.8 Å². The van der Waals surface area contributed by atoms with Crippen LogP contribution in [0.2, 0.25) is 0 Å². The van der Waals surface area contributed by atoms with E-state index < -0.39 is 0 Å². The van der Waals surface area contributed by atoms with Crippen LogP contribution in [0.25, 0.3) is 0 Å². The van der Waals surface area contributed by atoms with Crippen LogP contribution in [0.4, 0.5) is 0 Å². The lowest BCUT2D eigenvalue weighted by atomic mass is 9.95. The molecule has 15 heavy (non-hydrogen) atoms. The molecule has 90 valence electrons. The van der Waals surface area contributed by atoms with Crippen molar-refractivity contribution >= 4 is 0 Å². The highest BCUT2D eigenvalue weighted by atomic mass is 14.1. The van der Waals surface area contributed by atoms with Gasteiger partial charge in [0.1, 0.15) is 0 Å². The Morgan fingerprint density at radius 2 is 1.33 bits per heavy atom. The molecule has 0 rings (SSSR count). The summed E-state index contributed by atoms with van der Waals surface area (Å²) in [6.45, 7) is 10.2. The van der Waals surface area contributed by atoms with Crippen molar-refractivity contribution in [2.75, 3.05) is 0 Å².